The van der Waals surface area contributed by atoms with Gasteiger partial charge < -0.3 is 14.2 Å². The van der Waals surface area contributed by atoms with Crippen molar-refractivity contribution in [1.29, 1.82) is 0 Å². The van der Waals surface area contributed by atoms with Crippen LogP contribution in [0.25, 0.3) is 0 Å². The van der Waals surface area contributed by atoms with Crippen LogP contribution in [0.3, 0.4) is 0 Å². The minimum atomic E-state index is -0.789. The van der Waals surface area contributed by atoms with Gasteiger partial charge >= 0.3 is 17.9 Å². The van der Waals surface area contributed by atoms with E-state index in [2.05, 4.69) is 142 Å². The maximum Gasteiger partial charge on any atom is 0.306 e. The van der Waals surface area contributed by atoms with Crippen molar-refractivity contribution in [1.82, 2.24) is 0 Å². The molecule has 1 atom stereocenters. The zero-order chi connectivity index (χ0) is 55.0. The third-order valence-electron chi connectivity index (χ3n) is 13.2. The van der Waals surface area contributed by atoms with Gasteiger partial charge in [0.1, 0.15) is 13.2 Å². The summed E-state index contributed by atoms with van der Waals surface area (Å²) < 4.78 is 16.9. The van der Waals surface area contributed by atoms with E-state index in [1.54, 1.807) is 0 Å². The van der Waals surface area contributed by atoms with E-state index in [0.29, 0.717) is 19.3 Å². The largest absolute Gasteiger partial charge is 0.462 e. The second-order valence-corrected chi connectivity index (χ2v) is 20.6. The predicted molar refractivity (Wildman–Crippen MR) is 330 cm³/mol. The number of allylic oxidation sites excluding steroid dienone is 20. The number of unbranched alkanes of at least 4 members (excludes halogenated alkanes) is 25. The first kappa shape index (κ1) is 71.8. The third kappa shape index (κ3) is 60.7. The summed E-state index contributed by atoms with van der Waals surface area (Å²) in [5.74, 6) is -0.900. The Morgan fingerprint density at radius 2 is 0.513 bits per heavy atom. The number of esters is 3. The molecular formula is C70H116O6. The standard InChI is InChI=1S/C70H116O6/c1-4-7-10-13-16-19-22-24-26-28-30-32-34-35-37-38-40-42-44-46-48-51-54-57-60-63-69(72)75-66-67(65-74-68(71)62-59-56-53-50-21-18-15-12-9-6-3)76-70(73)64-61-58-55-52-49-47-45-43-41-39-36-33-31-29-27-25-23-20-17-14-11-8-5-2/h7-8,10-11,16-17,19-20,24-27,30-33,35,37,39,41,67H,4-6,9,12-15,18,21-23,28-29,34,36,38,40,42-66H2,1-3H3/b10-7-,11-8-,19-16-,20-17-,26-24-,27-25-,32-30-,33-31-,37-35-,41-39-. The first-order chi connectivity index (χ1) is 37.5. The lowest BCUT2D eigenvalue weighted by molar-refractivity contribution is -0.167. The quantitative estimate of drug-likeness (QED) is 0.0261. The number of carbonyl (C=O) groups excluding carboxylic acids is 3. The average Bonchev–Trinajstić information content (AvgIpc) is 3.42. The molecule has 0 radical (unpaired) electrons. The lowest BCUT2D eigenvalue weighted by Crippen LogP contribution is -2.30. The molecule has 0 fully saturated rings. The second-order valence-electron chi connectivity index (χ2n) is 20.6. The van der Waals surface area contributed by atoms with Gasteiger partial charge in [0.25, 0.3) is 0 Å². The molecule has 0 N–H and O–H groups in total. The summed E-state index contributed by atoms with van der Waals surface area (Å²) in [6, 6.07) is 0. The highest BCUT2D eigenvalue weighted by atomic mass is 16.6. The van der Waals surface area contributed by atoms with E-state index in [4.69, 9.17) is 14.2 Å². The molecule has 0 aliphatic rings. The summed E-state index contributed by atoms with van der Waals surface area (Å²) in [5.41, 5.74) is 0. The van der Waals surface area contributed by atoms with E-state index >= 15 is 0 Å². The van der Waals surface area contributed by atoms with Crippen molar-refractivity contribution in [3.63, 3.8) is 0 Å². The zero-order valence-corrected chi connectivity index (χ0v) is 49.5. The molecule has 0 spiro atoms. The second kappa shape index (κ2) is 63.3. The molecule has 0 rings (SSSR count). The fraction of sp³-hybridized carbons (Fsp3) is 0.671. The van der Waals surface area contributed by atoms with Crippen LogP contribution < -0.4 is 0 Å². The van der Waals surface area contributed by atoms with Gasteiger partial charge in [0, 0.05) is 19.3 Å². The molecule has 0 aliphatic carbocycles. The Kier molecular flexibility index (Phi) is 59.9. The molecule has 0 aromatic rings. The van der Waals surface area contributed by atoms with E-state index in [9.17, 15) is 14.4 Å². The zero-order valence-electron chi connectivity index (χ0n) is 49.5. The minimum absolute atomic E-state index is 0.0847. The van der Waals surface area contributed by atoms with Gasteiger partial charge in [-0.15, -0.1) is 0 Å². The highest BCUT2D eigenvalue weighted by molar-refractivity contribution is 5.71. The normalized spacial score (nSPS) is 12.9. The molecule has 0 aromatic heterocycles. The van der Waals surface area contributed by atoms with Crippen LogP contribution in [0.15, 0.2) is 122 Å². The highest BCUT2D eigenvalue weighted by Crippen LogP contribution is 2.15. The maximum absolute atomic E-state index is 12.9. The first-order valence-electron chi connectivity index (χ1n) is 31.5. The van der Waals surface area contributed by atoms with Gasteiger partial charge in [-0.05, 0) is 109 Å². The molecule has 432 valence electrons. The molecule has 0 saturated carbocycles. The maximum atomic E-state index is 12.9. The van der Waals surface area contributed by atoms with Gasteiger partial charge in [0.2, 0.25) is 0 Å². The molecule has 0 heterocycles. The van der Waals surface area contributed by atoms with Crippen molar-refractivity contribution in [2.45, 2.75) is 290 Å². The fourth-order valence-electron chi connectivity index (χ4n) is 8.56. The van der Waals surface area contributed by atoms with Crippen LogP contribution in [0.2, 0.25) is 0 Å². The summed E-state index contributed by atoms with van der Waals surface area (Å²) in [5, 5.41) is 0. The van der Waals surface area contributed by atoms with Crippen molar-refractivity contribution >= 4 is 17.9 Å². The molecule has 6 heteroatoms. The van der Waals surface area contributed by atoms with Crippen molar-refractivity contribution in [2.24, 2.45) is 0 Å². The molecule has 0 aliphatic heterocycles. The van der Waals surface area contributed by atoms with Crippen LogP contribution in [-0.2, 0) is 28.6 Å². The van der Waals surface area contributed by atoms with Gasteiger partial charge in [0.15, 0.2) is 6.10 Å². The monoisotopic (exact) mass is 1050 g/mol. The van der Waals surface area contributed by atoms with Crippen LogP contribution >= 0.6 is 0 Å². The number of hydrogen-bond acceptors (Lipinski definition) is 6. The molecule has 76 heavy (non-hydrogen) atoms. The Balaban J connectivity index is 4.31. The van der Waals surface area contributed by atoms with Gasteiger partial charge in [-0.2, -0.15) is 0 Å². The lowest BCUT2D eigenvalue weighted by Gasteiger charge is -2.18. The van der Waals surface area contributed by atoms with Crippen LogP contribution in [-0.4, -0.2) is 37.2 Å². The Morgan fingerprint density at radius 1 is 0.276 bits per heavy atom. The number of hydrogen-bond donors (Lipinski definition) is 0. The number of rotatable bonds is 56. The van der Waals surface area contributed by atoms with E-state index in [1.165, 1.54) is 109 Å². The number of carbonyl (C=O) groups is 3. The Hall–Kier alpha value is -4.19. The van der Waals surface area contributed by atoms with Crippen molar-refractivity contribution in [2.75, 3.05) is 13.2 Å². The Bertz CT molecular complexity index is 1590. The van der Waals surface area contributed by atoms with Crippen LogP contribution in [0.4, 0.5) is 0 Å². The molecule has 6 nitrogen and oxygen atoms in total. The summed E-state index contributed by atoms with van der Waals surface area (Å²) in [7, 11) is 0. The SMILES string of the molecule is CC/C=C\C/C=C\C/C=C\C/C=C\C/C=C\CCCCCCCCCCCC(=O)OCC(COC(=O)CCCCCCCCCCCC)OC(=O)CCCCCCCCC/C=C\C/C=C\C/C=C\C/C=C\C/C=C\CC. The van der Waals surface area contributed by atoms with Crippen LogP contribution in [0, 0.1) is 0 Å². The van der Waals surface area contributed by atoms with Crippen molar-refractivity contribution in [3.8, 4) is 0 Å². The molecule has 0 aromatic carbocycles. The number of ether oxygens (including phenoxy) is 3. The molecule has 0 bridgehead atoms. The summed E-state index contributed by atoms with van der Waals surface area (Å²) >= 11 is 0. The Morgan fingerprint density at radius 3 is 0.803 bits per heavy atom. The lowest BCUT2D eigenvalue weighted by atomic mass is 10.1. The fourth-order valence-corrected chi connectivity index (χ4v) is 8.56. The van der Waals surface area contributed by atoms with E-state index in [1.807, 2.05) is 0 Å². The van der Waals surface area contributed by atoms with Gasteiger partial charge in [0.05, 0.1) is 0 Å². The predicted octanol–water partition coefficient (Wildman–Crippen LogP) is 21.6. The third-order valence-corrected chi connectivity index (χ3v) is 13.2. The summed E-state index contributed by atoms with van der Waals surface area (Å²) in [6.07, 6.45) is 87.7. The first-order valence-corrected chi connectivity index (χ1v) is 31.5. The minimum Gasteiger partial charge on any atom is -0.462 e. The topological polar surface area (TPSA) is 78.9 Å². The summed E-state index contributed by atoms with van der Waals surface area (Å²) in [6.45, 7) is 6.40. The Labute approximate surface area is 469 Å². The van der Waals surface area contributed by atoms with E-state index in [0.717, 1.165) is 135 Å². The van der Waals surface area contributed by atoms with Crippen molar-refractivity contribution in [3.05, 3.63) is 122 Å². The molecule has 0 saturated heterocycles. The van der Waals surface area contributed by atoms with E-state index < -0.39 is 6.10 Å². The van der Waals surface area contributed by atoms with Crippen molar-refractivity contribution < 1.29 is 28.6 Å². The van der Waals surface area contributed by atoms with Crippen LogP contribution in [0.1, 0.15) is 284 Å². The smallest absolute Gasteiger partial charge is 0.306 e. The highest BCUT2D eigenvalue weighted by Gasteiger charge is 2.19. The molecule has 1 unspecified atom stereocenters. The van der Waals surface area contributed by atoms with Crippen LogP contribution in [0.5, 0.6) is 0 Å². The van der Waals surface area contributed by atoms with Gasteiger partial charge in [-0.25, -0.2) is 0 Å². The molecule has 0 amide bonds. The van der Waals surface area contributed by atoms with Gasteiger partial charge in [-0.1, -0.05) is 277 Å². The van der Waals surface area contributed by atoms with E-state index in [-0.39, 0.29) is 31.1 Å². The average molecular weight is 1050 g/mol. The molecular weight excluding hydrogens is 937 g/mol. The summed E-state index contributed by atoms with van der Waals surface area (Å²) in [4.78, 5) is 38.2. The van der Waals surface area contributed by atoms with Gasteiger partial charge in [-0.3, -0.25) is 14.4 Å².